The molecule has 19 heteroatoms. The fourth-order valence-corrected chi connectivity index (χ4v) is 9.29. The molecule has 0 radical (unpaired) electrons. The van der Waals surface area contributed by atoms with Gasteiger partial charge in [0.15, 0.2) is 5.69 Å². The Morgan fingerprint density at radius 3 is 2.36 bits per heavy atom. The molecule has 1 aromatic heterocycles. The van der Waals surface area contributed by atoms with Crippen molar-refractivity contribution in [3.05, 3.63) is 42.1 Å². The number of sulfonamides is 1. The van der Waals surface area contributed by atoms with Gasteiger partial charge in [-0.2, -0.15) is 8.78 Å². The van der Waals surface area contributed by atoms with Gasteiger partial charge in [-0.3, -0.25) is 19.1 Å². The van der Waals surface area contributed by atoms with Crippen LogP contribution >= 0.6 is 0 Å². The first-order chi connectivity index (χ1) is 27.1. The molecule has 5 aliphatic rings. The van der Waals surface area contributed by atoms with Crippen molar-refractivity contribution in [2.45, 2.75) is 132 Å². The molecule has 1 saturated heterocycles. The molecule has 4 fully saturated rings. The van der Waals surface area contributed by atoms with E-state index in [1.54, 1.807) is 39.0 Å². The highest BCUT2D eigenvalue weighted by Crippen LogP contribution is 2.49. The molecule has 7 rings (SSSR count). The molecule has 8 atom stereocenters. The van der Waals surface area contributed by atoms with Crippen LogP contribution in [0.1, 0.15) is 85.3 Å². The molecule has 2 aliphatic heterocycles. The third-order valence-electron chi connectivity index (χ3n) is 11.9. The predicted octanol–water partition coefficient (Wildman–Crippen LogP) is 3.95. The quantitative estimate of drug-likeness (QED) is 0.357. The van der Waals surface area contributed by atoms with Crippen molar-refractivity contribution in [2.75, 3.05) is 13.2 Å². The van der Waals surface area contributed by atoms with Crippen LogP contribution in [0.4, 0.5) is 18.0 Å². The summed E-state index contributed by atoms with van der Waals surface area (Å²) < 4.78 is 91.7. The summed E-state index contributed by atoms with van der Waals surface area (Å²) in [7, 11) is -4.18. The molecule has 316 valence electrons. The van der Waals surface area contributed by atoms with E-state index in [-0.39, 0.29) is 37.0 Å². The highest BCUT2D eigenvalue weighted by Gasteiger charge is 2.66. The number of halogens is 3. The molecular formula is C39H49F3N6O9S. The van der Waals surface area contributed by atoms with E-state index in [1.165, 1.54) is 19.9 Å². The Balaban J connectivity index is 1.26. The summed E-state index contributed by atoms with van der Waals surface area (Å²) in [6.07, 6.45) is -1.68. The number of fused-ring (bicyclic) bond motifs is 5. The maximum absolute atomic E-state index is 16.1. The average Bonchev–Trinajstić information content (AvgIpc) is 3.97. The number of alkyl carbamates (subject to hydrolysis) is 1. The first-order valence-electron chi connectivity index (χ1n) is 19.6. The molecule has 3 aliphatic carbocycles. The van der Waals surface area contributed by atoms with Crippen LogP contribution in [0, 0.1) is 11.3 Å². The zero-order valence-electron chi connectivity index (χ0n) is 32.9. The molecule has 1 aromatic carbocycles. The summed E-state index contributed by atoms with van der Waals surface area (Å²) in [5.41, 5.74) is -3.38. The number of rotatable bonds is 6. The van der Waals surface area contributed by atoms with Gasteiger partial charge >= 0.3 is 12.0 Å². The lowest BCUT2D eigenvalue weighted by Crippen LogP contribution is -2.60. The fourth-order valence-electron chi connectivity index (χ4n) is 7.98. The van der Waals surface area contributed by atoms with Gasteiger partial charge in [0.25, 0.3) is 5.91 Å². The standard InChI is InChI=1S/C39H49F3N6O9S/c1-21(40)23-19-38(23,34(51)47-58(53,54)37(5)15-16-37)46-31(49)26-18-22-20-48(26)33(50)30(36(2,3)4)45-35(52)57-28-13-8-12-27(28)55-17-9-14-39(41,42)29-32(56-22)44-25-11-7-6-10-24(25)43-29/h6-7,9-11,14,21-23,26-28,30H,8,12-13,15-20H2,1-5H3,(H,45,52)(H,46,49)(H,47,51). The minimum Gasteiger partial charge on any atom is -0.471 e. The average molecular weight is 835 g/mol. The lowest BCUT2D eigenvalue weighted by Gasteiger charge is -2.35. The Morgan fingerprint density at radius 1 is 1.05 bits per heavy atom. The van der Waals surface area contributed by atoms with Crippen LogP contribution in [0.5, 0.6) is 5.88 Å². The number of para-hydroxylation sites is 2. The molecule has 2 aromatic rings. The molecule has 3 saturated carbocycles. The minimum absolute atomic E-state index is 0.161. The van der Waals surface area contributed by atoms with Crippen molar-refractivity contribution < 1.29 is 55.0 Å². The lowest BCUT2D eigenvalue weighted by atomic mass is 9.85. The highest BCUT2D eigenvalue weighted by atomic mass is 32.2. The number of hydrogen-bond donors (Lipinski definition) is 3. The van der Waals surface area contributed by atoms with Crippen LogP contribution in [0.3, 0.4) is 0 Å². The summed E-state index contributed by atoms with van der Waals surface area (Å²) >= 11 is 0. The van der Waals surface area contributed by atoms with E-state index < -0.39 is 110 Å². The zero-order valence-corrected chi connectivity index (χ0v) is 33.7. The van der Waals surface area contributed by atoms with Gasteiger partial charge in [0.2, 0.25) is 27.7 Å². The summed E-state index contributed by atoms with van der Waals surface area (Å²) in [5.74, 6) is -8.20. The third kappa shape index (κ3) is 8.07. The lowest BCUT2D eigenvalue weighted by molar-refractivity contribution is -0.143. The highest BCUT2D eigenvalue weighted by molar-refractivity contribution is 7.91. The fraction of sp³-hybridized carbons (Fsp3) is 0.641. The molecule has 8 unspecified atom stereocenters. The zero-order chi connectivity index (χ0) is 42.0. The first kappa shape index (κ1) is 41.6. The number of nitrogens with zero attached hydrogens (tertiary/aromatic N) is 3. The van der Waals surface area contributed by atoms with Crippen molar-refractivity contribution in [3.8, 4) is 5.88 Å². The Bertz CT molecular complexity index is 2130. The van der Waals surface area contributed by atoms with Crippen LogP contribution in [0.25, 0.3) is 11.0 Å². The summed E-state index contributed by atoms with van der Waals surface area (Å²) in [5, 5.41) is 5.23. The topological polar surface area (TPSA) is 195 Å². The van der Waals surface area contributed by atoms with Gasteiger partial charge in [-0.05, 0) is 76.0 Å². The third-order valence-corrected chi connectivity index (χ3v) is 14.1. The SMILES string of the molecule is CC(F)C1CC1(NC(=O)C1CC2CN1C(=O)C(C(C)(C)C)NC(=O)OC1CCCC1OCC=CC(F)(F)c1nc3ccccc3nc1O2)C(=O)NS(=O)(=O)C1(C)CC1. The van der Waals surface area contributed by atoms with Crippen molar-refractivity contribution in [1.29, 1.82) is 0 Å². The van der Waals surface area contributed by atoms with Crippen molar-refractivity contribution in [2.24, 2.45) is 11.3 Å². The number of carbonyl (C=O) groups is 4. The van der Waals surface area contributed by atoms with Crippen molar-refractivity contribution >= 4 is 44.9 Å². The second-order valence-corrected chi connectivity index (χ2v) is 19.6. The summed E-state index contributed by atoms with van der Waals surface area (Å²) in [6.45, 7) is 7.11. The van der Waals surface area contributed by atoms with E-state index in [4.69, 9.17) is 14.2 Å². The smallest absolute Gasteiger partial charge is 0.408 e. The van der Waals surface area contributed by atoms with E-state index in [9.17, 15) is 32.0 Å². The van der Waals surface area contributed by atoms with Crippen LogP contribution in [-0.4, -0.2) is 107 Å². The number of carbonyl (C=O) groups excluding carboxylic acids is 4. The molecule has 4 amide bonds. The number of alkyl halides is 3. The molecule has 58 heavy (non-hydrogen) atoms. The number of ether oxygens (including phenoxy) is 3. The van der Waals surface area contributed by atoms with E-state index >= 15 is 8.78 Å². The number of hydrogen-bond acceptors (Lipinski definition) is 11. The first-order valence-corrected chi connectivity index (χ1v) is 21.0. The Kier molecular flexibility index (Phi) is 10.7. The molecule has 15 nitrogen and oxygen atoms in total. The second-order valence-electron chi connectivity index (χ2n) is 17.4. The summed E-state index contributed by atoms with van der Waals surface area (Å²) in [4.78, 5) is 65.9. The number of allylic oxidation sites excluding steroid dienone is 1. The molecule has 3 heterocycles. The van der Waals surface area contributed by atoms with Crippen LogP contribution in [0.2, 0.25) is 0 Å². The van der Waals surface area contributed by atoms with Gasteiger partial charge in [-0.1, -0.05) is 39.0 Å². The van der Waals surface area contributed by atoms with Gasteiger partial charge in [-0.15, -0.1) is 0 Å². The predicted molar refractivity (Wildman–Crippen MR) is 202 cm³/mol. The number of aromatic nitrogens is 2. The second kappa shape index (κ2) is 14.9. The van der Waals surface area contributed by atoms with Crippen LogP contribution < -0.4 is 20.1 Å². The summed E-state index contributed by atoms with van der Waals surface area (Å²) in [6, 6.07) is 3.56. The normalized spacial score (nSPS) is 31.3. The molecule has 3 N–H and O–H groups in total. The van der Waals surface area contributed by atoms with Crippen molar-refractivity contribution in [1.82, 2.24) is 30.2 Å². The van der Waals surface area contributed by atoms with Gasteiger partial charge in [-0.25, -0.2) is 27.6 Å². The molecular weight excluding hydrogens is 786 g/mol. The number of benzene rings is 1. The van der Waals surface area contributed by atoms with Crippen LogP contribution in [-0.2, 0) is 39.8 Å². The maximum Gasteiger partial charge on any atom is 0.408 e. The minimum atomic E-state index is -4.18. The number of nitrogens with one attached hydrogen (secondary N) is 3. The van der Waals surface area contributed by atoms with E-state index in [1.807, 2.05) is 4.72 Å². The molecule has 0 spiro atoms. The van der Waals surface area contributed by atoms with Gasteiger partial charge in [0, 0.05) is 12.3 Å². The van der Waals surface area contributed by atoms with Crippen molar-refractivity contribution in [3.63, 3.8) is 0 Å². The van der Waals surface area contributed by atoms with Gasteiger partial charge in [0.1, 0.15) is 36.0 Å². The Morgan fingerprint density at radius 2 is 1.72 bits per heavy atom. The monoisotopic (exact) mass is 834 g/mol. The largest absolute Gasteiger partial charge is 0.471 e. The van der Waals surface area contributed by atoms with Gasteiger partial charge < -0.3 is 29.7 Å². The Labute approximate surface area is 334 Å². The Hall–Kier alpha value is -4.52. The molecule has 2 bridgehead atoms. The number of amides is 4. The van der Waals surface area contributed by atoms with E-state index in [0.717, 1.165) is 11.0 Å². The van der Waals surface area contributed by atoms with E-state index in [0.29, 0.717) is 38.2 Å². The maximum atomic E-state index is 16.1. The van der Waals surface area contributed by atoms with Crippen LogP contribution in [0.15, 0.2) is 36.4 Å². The van der Waals surface area contributed by atoms with E-state index in [2.05, 4.69) is 20.6 Å². The van der Waals surface area contributed by atoms with Gasteiger partial charge in [0.05, 0.1) is 35.0 Å².